The maximum Gasteiger partial charge on any atom is 0.119 e. The molecule has 0 bridgehead atoms. The van der Waals surface area contributed by atoms with Crippen molar-refractivity contribution in [3.63, 3.8) is 0 Å². The van der Waals surface area contributed by atoms with Crippen molar-refractivity contribution in [3.8, 4) is 5.75 Å². The van der Waals surface area contributed by atoms with E-state index in [9.17, 15) is 0 Å². The number of hydrogen-bond donors (Lipinski definition) is 1. The Kier molecular flexibility index (Phi) is 4.87. The Hall–Kier alpha value is -1.02. The minimum atomic E-state index is 0.804. The van der Waals surface area contributed by atoms with E-state index in [0.29, 0.717) is 0 Å². The molecule has 0 saturated carbocycles. The second-order valence-corrected chi connectivity index (χ2v) is 4.85. The van der Waals surface area contributed by atoms with Crippen LogP contribution in [0.25, 0.3) is 0 Å². The number of aryl methyl sites for hydroxylation is 1. The van der Waals surface area contributed by atoms with E-state index >= 15 is 0 Å². The number of piperidine rings is 1. The first-order chi connectivity index (χ1) is 8.38. The van der Waals surface area contributed by atoms with E-state index in [-0.39, 0.29) is 0 Å². The fourth-order valence-electron chi connectivity index (χ4n) is 2.34. The second kappa shape index (κ2) is 6.65. The van der Waals surface area contributed by atoms with Gasteiger partial charge in [0.15, 0.2) is 0 Å². The summed E-state index contributed by atoms with van der Waals surface area (Å²) in [4.78, 5) is 0. The average Bonchev–Trinajstić information content (AvgIpc) is 2.41. The molecule has 2 rings (SSSR count). The van der Waals surface area contributed by atoms with Crippen LogP contribution < -0.4 is 10.1 Å². The molecule has 0 amide bonds. The molecule has 0 aliphatic carbocycles. The van der Waals surface area contributed by atoms with E-state index in [1.54, 1.807) is 0 Å². The van der Waals surface area contributed by atoms with E-state index in [2.05, 4.69) is 36.5 Å². The van der Waals surface area contributed by atoms with Gasteiger partial charge in [0.2, 0.25) is 0 Å². The van der Waals surface area contributed by atoms with Gasteiger partial charge in [-0.2, -0.15) is 0 Å². The lowest BCUT2D eigenvalue weighted by atomic mass is 9.97. The molecule has 1 aromatic carbocycles. The minimum Gasteiger partial charge on any atom is -0.494 e. The zero-order valence-electron chi connectivity index (χ0n) is 10.7. The molecule has 0 aromatic heterocycles. The number of rotatable bonds is 5. The van der Waals surface area contributed by atoms with Gasteiger partial charge in [0.25, 0.3) is 0 Å². The summed E-state index contributed by atoms with van der Waals surface area (Å²) in [6.07, 6.45) is 4.93. The topological polar surface area (TPSA) is 21.3 Å². The molecule has 1 fully saturated rings. The SMILES string of the molecule is CCc1ccc(OCCC2CCCNC2)cc1. The van der Waals surface area contributed by atoms with E-state index in [4.69, 9.17) is 4.74 Å². The Bertz CT molecular complexity index is 314. The average molecular weight is 233 g/mol. The molecular weight excluding hydrogens is 210 g/mol. The highest BCUT2D eigenvalue weighted by molar-refractivity contribution is 5.27. The highest BCUT2D eigenvalue weighted by Crippen LogP contribution is 2.16. The monoisotopic (exact) mass is 233 g/mol. The third-order valence-electron chi connectivity index (χ3n) is 3.53. The molecule has 1 atom stereocenters. The summed E-state index contributed by atoms with van der Waals surface area (Å²) in [5.74, 6) is 1.81. The Morgan fingerprint density at radius 3 is 2.76 bits per heavy atom. The van der Waals surface area contributed by atoms with Crippen LogP contribution in [0, 0.1) is 5.92 Å². The molecule has 1 saturated heterocycles. The predicted molar refractivity (Wildman–Crippen MR) is 71.5 cm³/mol. The smallest absolute Gasteiger partial charge is 0.119 e. The normalized spacial score (nSPS) is 20.2. The van der Waals surface area contributed by atoms with E-state index < -0.39 is 0 Å². The van der Waals surface area contributed by atoms with E-state index in [1.165, 1.54) is 31.4 Å². The fraction of sp³-hybridized carbons (Fsp3) is 0.600. The molecule has 94 valence electrons. The van der Waals surface area contributed by atoms with Crippen LogP contribution in [0.1, 0.15) is 31.7 Å². The quantitative estimate of drug-likeness (QED) is 0.844. The predicted octanol–water partition coefficient (Wildman–Crippen LogP) is 3.02. The van der Waals surface area contributed by atoms with Gasteiger partial charge in [-0.05, 0) is 62.4 Å². The van der Waals surface area contributed by atoms with Gasteiger partial charge >= 0.3 is 0 Å². The summed E-state index contributed by atoms with van der Waals surface area (Å²) in [6.45, 7) is 5.37. The lowest BCUT2D eigenvalue weighted by molar-refractivity contribution is 0.254. The summed E-state index contributed by atoms with van der Waals surface area (Å²) in [5.41, 5.74) is 1.37. The van der Waals surface area contributed by atoms with Crippen molar-refractivity contribution in [2.75, 3.05) is 19.7 Å². The molecule has 1 aliphatic heterocycles. The molecule has 0 radical (unpaired) electrons. The van der Waals surface area contributed by atoms with Gasteiger partial charge in [0.1, 0.15) is 5.75 Å². The second-order valence-electron chi connectivity index (χ2n) is 4.85. The van der Waals surface area contributed by atoms with Gasteiger partial charge in [-0.15, -0.1) is 0 Å². The highest BCUT2D eigenvalue weighted by atomic mass is 16.5. The van der Waals surface area contributed by atoms with Gasteiger partial charge in [-0.25, -0.2) is 0 Å². The first-order valence-corrected chi connectivity index (χ1v) is 6.81. The minimum absolute atomic E-state index is 0.804. The van der Waals surface area contributed by atoms with Crippen LogP contribution in [0.5, 0.6) is 5.75 Å². The van der Waals surface area contributed by atoms with Crippen molar-refractivity contribution in [1.82, 2.24) is 5.32 Å². The Balaban J connectivity index is 1.69. The van der Waals surface area contributed by atoms with Crippen LogP contribution in [-0.4, -0.2) is 19.7 Å². The molecule has 0 spiro atoms. The maximum absolute atomic E-state index is 5.78. The van der Waals surface area contributed by atoms with Crippen LogP contribution in [0.15, 0.2) is 24.3 Å². The van der Waals surface area contributed by atoms with Gasteiger partial charge < -0.3 is 10.1 Å². The number of hydrogen-bond acceptors (Lipinski definition) is 2. The molecule has 1 heterocycles. The van der Waals surface area contributed by atoms with Gasteiger partial charge in [0.05, 0.1) is 6.61 Å². The maximum atomic E-state index is 5.78. The lowest BCUT2D eigenvalue weighted by Crippen LogP contribution is -2.30. The molecule has 1 unspecified atom stereocenters. The van der Waals surface area contributed by atoms with Crippen LogP contribution in [0.4, 0.5) is 0 Å². The zero-order chi connectivity index (χ0) is 11.9. The molecule has 2 heteroatoms. The molecule has 1 aromatic rings. The standard InChI is InChI=1S/C15H23NO/c1-2-13-5-7-15(8-6-13)17-11-9-14-4-3-10-16-12-14/h5-8,14,16H,2-4,9-12H2,1H3. The van der Waals surface area contributed by atoms with Crippen molar-refractivity contribution in [1.29, 1.82) is 0 Å². The lowest BCUT2D eigenvalue weighted by Gasteiger charge is -2.22. The van der Waals surface area contributed by atoms with Crippen molar-refractivity contribution in [2.45, 2.75) is 32.6 Å². The molecule has 1 aliphatic rings. The van der Waals surface area contributed by atoms with Crippen LogP contribution in [0.3, 0.4) is 0 Å². The fourth-order valence-corrected chi connectivity index (χ4v) is 2.34. The number of ether oxygens (including phenoxy) is 1. The summed E-state index contributed by atoms with van der Waals surface area (Å²) >= 11 is 0. The van der Waals surface area contributed by atoms with Gasteiger partial charge in [0, 0.05) is 0 Å². The Labute approximate surface area is 104 Å². The Morgan fingerprint density at radius 2 is 2.12 bits per heavy atom. The van der Waals surface area contributed by atoms with Crippen LogP contribution in [-0.2, 0) is 6.42 Å². The summed E-state index contributed by atoms with van der Waals surface area (Å²) in [6, 6.07) is 8.46. The molecular formula is C15H23NO. The molecule has 2 nitrogen and oxygen atoms in total. The number of nitrogens with one attached hydrogen (secondary N) is 1. The summed E-state index contributed by atoms with van der Waals surface area (Å²) in [7, 11) is 0. The van der Waals surface area contributed by atoms with Crippen LogP contribution >= 0.6 is 0 Å². The zero-order valence-corrected chi connectivity index (χ0v) is 10.7. The van der Waals surface area contributed by atoms with E-state index in [1.807, 2.05) is 0 Å². The largest absolute Gasteiger partial charge is 0.494 e. The summed E-state index contributed by atoms with van der Waals surface area (Å²) < 4.78 is 5.78. The van der Waals surface area contributed by atoms with E-state index in [0.717, 1.165) is 31.2 Å². The highest BCUT2D eigenvalue weighted by Gasteiger charge is 2.12. The van der Waals surface area contributed by atoms with Crippen LogP contribution in [0.2, 0.25) is 0 Å². The first-order valence-electron chi connectivity index (χ1n) is 6.81. The summed E-state index contributed by atoms with van der Waals surface area (Å²) in [5, 5.41) is 3.44. The third-order valence-corrected chi connectivity index (χ3v) is 3.53. The number of benzene rings is 1. The molecule has 1 N–H and O–H groups in total. The Morgan fingerprint density at radius 1 is 1.29 bits per heavy atom. The van der Waals surface area contributed by atoms with Gasteiger partial charge in [-0.3, -0.25) is 0 Å². The van der Waals surface area contributed by atoms with Crippen molar-refractivity contribution in [2.24, 2.45) is 5.92 Å². The van der Waals surface area contributed by atoms with Gasteiger partial charge in [-0.1, -0.05) is 19.1 Å². The van der Waals surface area contributed by atoms with Crippen molar-refractivity contribution >= 4 is 0 Å². The molecule has 17 heavy (non-hydrogen) atoms. The first kappa shape index (κ1) is 12.4. The van der Waals surface area contributed by atoms with Crippen molar-refractivity contribution < 1.29 is 4.74 Å². The van der Waals surface area contributed by atoms with Crippen molar-refractivity contribution in [3.05, 3.63) is 29.8 Å². The third kappa shape index (κ3) is 4.04.